The Morgan fingerprint density at radius 2 is 2.08 bits per heavy atom. The van der Waals surface area contributed by atoms with Crippen LogP contribution < -0.4 is 4.90 Å². The lowest BCUT2D eigenvalue weighted by Gasteiger charge is -2.30. The zero-order chi connectivity index (χ0) is 18.1. The van der Waals surface area contributed by atoms with Gasteiger partial charge in [-0.05, 0) is 55.7 Å². The lowest BCUT2D eigenvalue weighted by atomic mass is 9.86. The highest BCUT2D eigenvalue weighted by atomic mass is 16.5. The zero-order valence-corrected chi connectivity index (χ0v) is 15.3. The third kappa shape index (κ3) is 3.29. The average molecular weight is 355 g/mol. The number of carbonyl (C=O) groups excluding carboxylic acids is 1. The first-order valence-electron chi connectivity index (χ1n) is 9.24. The van der Waals surface area contributed by atoms with Gasteiger partial charge in [-0.3, -0.25) is 4.79 Å². The van der Waals surface area contributed by atoms with E-state index in [1.54, 1.807) is 11.2 Å². The second-order valence-electron chi connectivity index (χ2n) is 7.31. The summed E-state index contributed by atoms with van der Waals surface area (Å²) in [7, 11) is 0. The molecule has 2 aromatic rings. The van der Waals surface area contributed by atoms with E-state index in [2.05, 4.69) is 26.0 Å². The van der Waals surface area contributed by atoms with E-state index in [9.17, 15) is 4.79 Å². The highest BCUT2D eigenvalue weighted by Gasteiger charge is 2.44. The van der Waals surface area contributed by atoms with Crippen LogP contribution in [0, 0.1) is 25.7 Å². The molecule has 0 aliphatic carbocycles. The molecule has 26 heavy (non-hydrogen) atoms. The molecule has 3 heterocycles. The van der Waals surface area contributed by atoms with E-state index in [0.717, 1.165) is 23.4 Å². The first kappa shape index (κ1) is 17.3. The fourth-order valence-electron chi connectivity index (χ4n) is 3.89. The van der Waals surface area contributed by atoms with Gasteiger partial charge in [0.25, 0.3) is 5.91 Å². The minimum Gasteiger partial charge on any atom is -0.467 e. The summed E-state index contributed by atoms with van der Waals surface area (Å²) in [6, 6.07) is 9.86. The maximum Gasteiger partial charge on any atom is 0.256 e. The molecule has 0 radical (unpaired) electrons. The first-order valence-corrected chi connectivity index (χ1v) is 9.24. The van der Waals surface area contributed by atoms with E-state index in [1.165, 1.54) is 5.56 Å². The van der Waals surface area contributed by atoms with Crippen LogP contribution in [-0.2, 0) is 20.8 Å². The van der Waals surface area contributed by atoms with E-state index in [4.69, 9.17) is 13.9 Å². The van der Waals surface area contributed by atoms with Crippen LogP contribution >= 0.6 is 0 Å². The largest absolute Gasteiger partial charge is 0.467 e. The summed E-state index contributed by atoms with van der Waals surface area (Å²) < 4.78 is 17.0. The number of anilines is 1. The Bertz CT molecular complexity index is 770. The zero-order valence-electron chi connectivity index (χ0n) is 15.3. The van der Waals surface area contributed by atoms with Crippen molar-refractivity contribution in [2.24, 2.45) is 11.8 Å². The standard InChI is InChI=1S/C21H25NO4/c1-14-5-6-17(10-15(14)2)22(11-18-4-3-8-25-18)21(23)20-19-7-9-24-12-16(19)13-26-20/h3-6,8,10,16,19-20H,7,9,11-13H2,1-2H3. The van der Waals surface area contributed by atoms with Gasteiger partial charge in [0.15, 0.2) is 0 Å². The lowest BCUT2D eigenvalue weighted by Crippen LogP contribution is -2.43. The molecule has 5 nitrogen and oxygen atoms in total. The molecule has 0 N–H and O–H groups in total. The summed E-state index contributed by atoms with van der Waals surface area (Å²) in [4.78, 5) is 15.2. The van der Waals surface area contributed by atoms with E-state index in [0.29, 0.717) is 32.3 Å². The minimum absolute atomic E-state index is 0.0130. The van der Waals surface area contributed by atoms with Crippen LogP contribution in [0.25, 0.3) is 0 Å². The summed E-state index contributed by atoms with van der Waals surface area (Å²) in [5, 5.41) is 0. The molecule has 2 fully saturated rings. The minimum atomic E-state index is -0.402. The van der Waals surface area contributed by atoms with Gasteiger partial charge < -0.3 is 18.8 Å². The number of rotatable bonds is 4. The van der Waals surface area contributed by atoms with E-state index < -0.39 is 6.10 Å². The molecule has 5 heteroatoms. The molecular formula is C21H25NO4. The molecule has 3 unspecified atom stereocenters. The van der Waals surface area contributed by atoms with Gasteiger partial charge in [0, 0.05) is 24.1 Å². The topological polar surface area (TPSA) is 51.9 Å². The Kier molecular flexibility index (Phi) is 4.83. The van der Waals surface area contributed by atoms with E-state index >= 15 is 0 Å². The van der Waals surface area contributed by atoms with Gasteiger partial charge in [-0.1, -0.05) is 6.07 Å². The summed E-state index contributed by atoms with van der Waals surface area (Å²) in [5.41, 5.74) is 3.25. The van der Waals surface area contributed by atoms with Gasteiger partial charge in [-0.2, -0.15) is 0 Å². The maximum absolute atomic E-state index is 13.4. The highest BCUT2D eigenvalue weighted by molar-refractivity contribution is 5.97. The van der Waals surface area contributed by atoms with Crippen molar-refractivity contribution in [2.75, 3.05) is 24.7 Å². The van der Waals surface area contributed by atoms with Crippen molar-refractivity contribution in [1.29, 1.82) is 0 Å². The molecule has 3 atom stereocenters. The number of furan rings is 1. The van der Waals surface area contributed by atoms with Crippen molar-refractivity contribution in [1.82, 2.24) is 0 Å². The lowest BCUT2D eigenvalue weighted by molar-refractivity contribution is -0.129. The molecule has 0 saturated carbocycles. The van der Waals surface area contributed by atoms with Gasteiger partial charge in [0.2, 0.25) is 0 Å². The highest BCUT2D eigenvalue weighted by Crippen LogP contribution is 2.35. The Morgan fingerprint density at radius 3 is 2.85 bits per heavy atom. The Labute approximate surface area is 153 Å². The van der Waals surface area contributed by atoms with Crippen LogP contribution in [0.15, 0.2) is 41.0 Å². The van der Waals surface area contributed by atoms with Gasteiger partial charge in [-0.25, -0.2) is 0 Å². The van der Waals surface area contributed by atoms with Crippen molar-refractivity contribution in [2.45, 2.75) is 32.9 Å². The number of carbonyl (C=O) groups is 1. The summed E-state index contributed by atoms with van der Waals surface area (Å²) in [6.45, 7) is 6.54. The van der Waals surface area contributed by atoms with Crippen LogP contribution in [0.5, 0.6) is 0 Å². The third-order valence-corrected chi connectivity index (χ3v) is 5.62. The molecule has 0 spiro atoms. The summed E-state index contributed by atoms with van der Waals surface area (Å²) in [5.74, 6) is 1.34. The third-order valence-electron chi connectivity index (χ3n) is 5.62. The number of amides is 1. The van der Waals surface area contributed by atoms with Crippen LogP contribution in [-0.4, -0.2) is 31.8 Å². The molecule has 1 amide bonds. The molecule has 2 aliphatic heterocycles. The van der Waals surface area contributed by atoms with Gasteiger partial charge in [0.05, 0.1) is 26.0 Å². The fraction of sp³-hybridized carbons (Fsp3) is 0.476. The van der Waals surface area contributed by atoms with Crippen molar-refractivity contribution >= 4 is 11.6 Å². The number of ether oxygens (including phenoxy) is 2. The Hall–Kier alpha value is -2.11. The monoisotopic (exact) mass is 355 g/mol. The number of hydrogen-bond acceptors (Lipinski definition) is 4. The normalized spacial score (nSPS) is 25.1. The van der Waals surface area contributed by atoms with Gasteiger partial charge >= 0.3 is 0 Å². The molecule has 2 aliphatic rings. The smallest absolute Gasteiger partial charge is 0.256 e. The van der Waals surface area contributed by atoms with Gasteiger partial charge in [0.1, 0.15) is 11.9 Å². The SMILES string of the molecule is Cc1ccc(N(Cc2ccco2)C(=O)C2OCC3COCCC32)cc1C. The van der Waals surface area contributed by atoms with Crippen molar-refractivity contribution < 1.29 is 18.7 Å². The predicted molar refractivity (Wildman–Crippen MR) is 98.0 cm³/mol. The maximum atomic E-state index is 13.4. The number of aryl methyl sites for hydroxylation is 2. The number of hydrogen-bond donors (Lipinski definition) is 0. The van der Waals surface area contributed by atoms with Crippen LogP contribution in [0.1, 0.15) is 23.3 Å². The van der Waals surface area contributed by atoms with Crippen LogP contribution in [0.3, 0.4) is 0 Å². The van der Waals surface area contributed by atoms with E-state index in [1.807, 2.05) is 18.2 Å². The van der Waals surface area contributed by atoms with Crippen molar-refractivity contribution in [3.05, 3.63) is 53.5 Å². The van der Waals surface area contributed by atoms with Crippen LogP contribution in [0.2, 0.25) is 0 Å². The van der Waals surface area contributed by atoms with Gasteiger partial charge in [-0.15, -0.1) is 0 Å². The molecule has 0 bridgehead atoms. The van der Waals surface area contributed by atoms with Crippen molar-refractivity contribution in [3.8, 4) is 0 Å². The number of fused-ring (bicyclic) bond motifs is 1. The second kappa shape index (κ2) is 7.25. The Balaban J connectivity index is 1.63. The fourth-order valence-corrected chi connectivity index (χ4v) is 3.89. The molecule has 1 aromatic carbocycles. The Morgan fingerprint density at radius 1 is 1.19 bits per heavy atom. The summed E-state index contributed by atoms with van der Waals surface area (Å²) in [6.07, 6.45) is 2.11. The molecule has 138 valence electrons. The summed E-state index contributed by atoms with van der Waals surface area (Å²) >= 11 is 0. The predicted octanol–water partition coefficient (Wildman–Crippen LogP) is 3.48. The average Bonchev–Trinajstić information content (AvgIpc) is 3.31. The van der Waals surface area contributed by atoms with E-state index in [-0.39, 0.29) is 11.8 Å². The molecule has 4 rings (SSSR count). The molecule has 2 saturated heterocycles. The van der Waals surface area contributed by atoms with Crippen molar-refractivity contribution in [3.63, 3.8) is 0 Å². The molecular weight excluding hydrogens is 330 g/mol. The number of benzene rings is 1. The number of nitrogens with zero attached hydrogens (tertiary/aromatic N) is 1. The van der Waals surface area contributed by atoms with Crippen LogP contribution in [0.4, 0.5) is 5.69 Å². The molecule has 1 aromatic heterocycles. The first-order chi connectivity index (χ1) is 12.6. The second-order valence-corrected chi connectivity index (χ2v) is 7.31. The quantitative estimate of drug-likeness (QED) is 0.843.